The van der Waals surface area contributed by atoms with Crippen LogP contribution in [-0.2, 0) is 10.2 Å². The average molecular weight is 249 g/mol. The van der Waals surface area contributed by atoms with E-state index in [1.165, 1.54) is 4.31 Å². The Morgan fingerprint density at radius 2 is 1.69 bits per heavy atom. The van der Waals surface area contributed by atoms with Crippen LogP contribution < -0.4 is 5.32 Å². The highest BCUT2D eigenvalue weighted by Gasteiger charge is 2.33. The summed E-state index contributed by atoms with van der Waals surface area (Å²) in [5.74, 6) is 0. The minimum absolute atomic E-state index is 0.126. The Bertz CT molecular complexity index is 295. The Hall–Kier alpha value is -0.170. The summed E-state index contributed by atoms with van der Waals surface area (Å²) in [6.45, 7) is 6.76. The molecule has 0 atom stereocenters. The predicted molar refractivity (Wildman–Crippen MR) is 65.5 cm³/mol. The Morgan fingerprint density at radius 1 is 1.19 bits per heavy atom. The third kappa shape index (κ3) is 2.94. The first-order chi connectivity index (χ1) is 7.54. The molecular weight excluding hydrogens is 226 g/mol. The van der Waals surface area contributed by atoms with Gasteiger partial charge in [-0.15, -0.1) is 0 Å². The van der Waals surface area contributed by atoms with Gasteiger partial charge in [-0.05, 0) is 12.8 Å². The summed E-state index contributed by atoms with van der Waals surface area (Å²) in [4.78, 5) is 0. The van der Waals surface area contributed by atoms with Crippen LogP contribution in [0.2, 0.25) is 0 Å². The smallest absolute Gasteiger partial charge is 0.282 e. The fraction of sp³-hybridized carbons (Fsp3) is 1.00. The number of likely N-dealkylation sites (N-methyl/N-ethyl adjacent to an activating group) is 1. The molecule has 1 heterocycles. The molecule has 1 rings (SSSR count). The lowest BCUT2D eigenvalue weighted by molar-refractivity contribution is 0.252. The van der Waals surface area contributed by atoms with Crippen LogP contribution in [0.3, 0.4) is 0 Å². The Balaban J connectivity index is 2.70. The molecule has 0 unspecified atom stereocenters. The molecule has 0 bridgehead atoms. The van der Waals surface area contributed by atoms with Crippen LogP contribution in [0.15, 0.2) is 0 Å². The van der Waals surface area contributed by atoms with Crippen molar-refractivity contribution in [3.05, 3.63) is 0 Å². The minimum Gasteiger partial charge on any atom is -0.313 e. The van der Waals surface area contributed by atoms with Crippen LogP contribution in [-0.4, -0.2) is 56.3 Å². The van der Waals surface area contributed by atoms with Crippen LogP contribution in [0.4, 0.5) is 0 Å². The van der Waals surface area contributed by atoms with Crippen molar-refractivity contribution >= 4 is 10.2 Å². The molecule has 5 nitrogen and oxygen atoms in total. The summed E-state index contributed by atoms with van der Waals surface area (Å²) >= 11 is 0. The maximum absolute atomic E-state index is 12.3. The quantitative estimate of drug-likeness (QED) is 0.704. The van der Waals surface area contributed by atoms with Crippen molar-refractivity contribution in [3.8, 4) is 0 Å². The van der Waals surface area contributed by atoms with Gasteiger partial charge in [-0.1, -0.05) is 13.8 Å². The van der Waals surface area contributed by atoms with E-state index in [0.717, 1.165) is 25.9 Å². The first kappa shape index (κ1) is 13.9. The molecule has 0 aromatic rings. The van der Waals surface area contributed by atoms with Gasteiger partial charge in [0.15, 0.2) is 0 Å². The van der Waals surface area contributed by atoms with Gasteiger partial charge in [-0.3, -0.25) is 0 Å². The van der Waals surface area contributed by atoms with Crippen LogP contribution in [0, 0.1) is 0 Å². The van der Waals surface area contributed by atoms with Crippen molar-refractivity contribution in [1.82, 2.24) is 13.9 Å². The van der Waals surface area contributed by atoms with E-state index in [1.54, 1.807) is 11.4 Å². The monoisotopic (exact) mass is 249 g/mol. The third-order valence-electron chi connectivity index (χ3n) is 2.91. The van der Waals surface area contributed by atoms with E-state index in [-0.39, 0.29) is 6.04 Å². The molecule has 1 saturated heterocycles. The zero-order valence-electron chi connectivity index (χ0n) is 10.4. The minimum atomic E-state index is -3.26. The molecular formula is C10H23N3O2S. The molecule has 1 aliphatic heterocycles. The molecule has 0 aromatic heterocycles. The second kappa shape index (κ2) is 5.95. The second-order valence-corrected chi connectivity index (χ2v) is 6.22. The van der Waals surface area contributed by atoms with Gasteiger partial charge in [0.05, 0.1) is 6.04 Å². The molecule has 96 valence electrons. The topological polar surface area (TPSA) is 52.7 Å². The number of rotatable bonds is 7. The zero-order valence-corrected chi connectivity index (χ0v) is 11.3. The SMILES string of the molecule is CCCN(CCC)S(=O)(=O)N(C)C1CNC1. The predicted octanol–water partition coefficient (Wildman–Crippen LogP) is 0.257. The van der Waals surface area contributed by atoms with E-state index in [0.29, 0.717) is 13.1 Å². The largest absolute Gasteiger partial charge is 0.313 e. The zero-order chi connectivity index (χ0) is 12.2. The normalized spacial score (nSPS) is 18.1. The molecule has 16 heavy (non-hydrogen) atoms. The number of nitrogens with zero attached hydrogens (tertiary/aromatic N) is 2. The van der Waals surface area contributed by atoms with E-state index in [1.807, 2.05) is 13.8 Å². The van der Waals surface area contributed by atoms with Crippen LogP contribution in [0.5, 0.6) is 0 Å². The van der Waals surface area contributed by atoms with E-state index < -0.39 is 10.2 Å². The Labute approximate surface area is 99.0 Å². The van der Waals surface area contributed by atoms with Crippen molar-refractivity contribution < 1.29 is 8.42 Å². The van der Waals surface area contributed by atoms with Gasteiger partial charge in [-0.2, -0.15) is 17.0 Å². The van der Waals surface area contributed by atoms with Gasteiger partial charge in [0, 0.05) is 33.2 Å². The Morgan fingerprint density at radius 3 is 2.00 bits per heavy atom. The molecule has 0 radical (unpaired) electrons. The summed E-state index contributed by atoms with van der Waals surface area (Å²) in [7, 11) is -1.58. The highest BCUT2D eigenvalue weighted by Crippen LogP contribution is 2.13. The molecule has 0 aliphatic carbocycles. The van der Waals surface area contributed by atoms with Crippen LogP contribution >= 0.6 is 0 Å². The summed E-state index contributed by atoms with van der Waals surface area (Å²) in [5, 5.41) is 3.09. The first-order valence-corrected chi connectivity index (χ1v) is 7.37. The van der Waals surface area contributed by atoms with Crippen LogP contribution in [0.25, 0.3) is 0 Å². The van der Waals surface area contributed by atoms with Crippen molar-refractivity contribution in [2.45, 2.75) is 32.7 Å². The summed E-state index contributed by atoms with van der Waals surface area (Å²) in [6.07, 6.45) is 1.71. The maximum Gasteiger partial charge on any atom is 0.282 e. The summed E-state index contributed by atoms with van der Waals surface area (Å²) in [5.41, 5.74) is 0. The van der Waals surface area contributed by atoms with Crippen molar-refractivity contribution in [2.75, 3.05) is 33.2 Å². The highest BCUT2D eigenvalue weighted by atomic mass is 32.2. The first-order valence-electron chi connectivity index (χ1n) is 5.97. The van der Waals surface area contributed by atoms with Crippen LogP contribution in [0.1, 0.15) is 26.7 Å². The third-order valence-corrected chi connectivity index (χ3v) is 4.95. The summed E-state index contributed by atoms with van der Waals surface area (Å²) in [6, 6.07) is 0.126. The molecule has 1 aliphatic rings. The van der Waals surface area contributed by atoms with Gasteiger partial charge < -0.3 is 5.32 Å². The lowest BCUT2D eigenvalue weighted by Crippen LogP contribution is -2.59. The van der Waals surface area contributed by atoms with Crippen molar-refractivity contribution in [1.29, 1.82) is 0 Å². The van der Waals surface area contributed by atoms with E-state index in [4.69, 9.17) is 0 Å². The molecule has 0 spiro atoms. The van der Waals surface area contributed by atoms with Gasteiger partial charge in [0.1, 0.15) is 0 Å². The second-order valence-electron chi connectivity index (χ2n) is 4.24. The standard InChI is InChI=1S/C10H23N3O2S/c1-4-6-13(7-5-2)16(14,15)12(3)10-8-11-9-10/h10-11H,4-9H2,1-3H3. The lowest BCUT2D eigenvalue weighted by atomic mass is 10.2. The molecule has 6 heteroatoms. The van der Waals surface area contributed by atoms with E-state index >= 15 is 0 Å². The Kier molecular flexibility index (Phi) is 5.17. The molecule has 0 saturated carbocycles. The van der Waals surface area contributed by atoms with Crippen molar-refractivity contribution in [2.24, 2.45) is 0 Å². The molecule has 0 aromatic carbocycles. The van der Waals surface area contributed by atoms with Gasteiger partial charge in [0.2, 0.25) is 0 Å². The fourth-order valence-electron chi connectivity index (χ4n) is 1.74. The highest BCUT2D eigenvalue weighted by molar-refractivity contribution is 7.86. The number of hydrogen-bond donors (Lipinski definition) is 1. The molecule has 1 fully saturated rings. The molecule has 1 N–H and O–H groups in total. The summed E-state index contributed by atoms with van der Waals surface area (Å²) < 4.78 is 27.6. The number of hydrogen-bond acceptors (Lipinski definition) is 3. The average Bonchev–Trinajstić information content (AvgIpc) is 2.14. The van der Waals surface area contributed by atoms with E-state index in [2.05, 4.69) is 5.32 Å². The maximum atomic E-state index is 12.3. The van der Waals surface area contributed by atoms with Gasteiger partial charge >= 0.3 is 0 Å². The van der Waals surface area contributed by atoms with Crippen molar-refractivity contribution in [3.63, 3.8) is 0 Å². The molecule has 0 amide bonds. The lowest BCUT2D eigenvalue weighted by Gasteiger charge is -2.37. The van der Waals surface area contributed by atoms with E-state index in [9.17, 15) is 8.42 Å². The fourth-order valence-corrected chi connectivity index (χ4v) is 3.46. The van der Waals surface area contributed by atoms with Gasteiger partial charge in [0.25, 0.3) is 10.2 Å². The van der Waals surface area contributed by atoms with Gasteiger partial charge in [-0.25, -0.2) is 0 Å². The number of nitrogens with one attached hydrogen (secondary N) is 1.